The van der Waals surface area contributed by atoms with E-state index in [0.29, 0.717) is 17.4 Å². The van der Waals surface area contributed by atoms with Gasteiger partial charge in [0.1, 0.15) is 0 Å². The van der Waals surface area contributed by atoms with Gasteiger partial charge in [-0.15, -0.1) is 0 Å². The maximum absolute atomic E-state index is 12.1. The van der Waals surface area contributed by atoms with Crippen LogP contribution in [0.3, 0.4) is 0 Å². The molecule has 0 aromatic heterocycles. The molecule has 1 aliphatic rings. The van der Waals surface area contributed by atoms with Crippen LogP contribution < -0.4 is 4.90 Å². The van der Waals surface area contributed by atoms with Crippen molar-refractivity contribution < 1.29 is 13.5 Å². The van der Waals surface area contributed by atoms with Crippen molar-refractivity contribution in [2.45, 2.75) is 17.2 Å². The van der Waals surface area contributed by atoms with Crippen molar-refractivity contribution in [2.75, 3.05) is 30.9 Å². The molecule has 3 rings (SSSR count). The summed E-state index contributed by atoms with van der Waals surface area (Å²) >= 11 is 0. The first-order chi connectivity index (χ1) is 11.5. The highest BCUT2D eigenvalue weighted by Gasteiger charge is 2.31. The second-order valence-corrected chi connectivity index (χ2v) is 8.42. The van der Waals surface area contributed by atoms with Crippen LogP contribution in [0.4, 0.5) is 5.69 Å². The van der Waals surface area contributed by atoms with Gasteiger partial charge >= 0.3 is 0 Å². The van der Waals surface area contributed by atoms with Gasteiger partial charge in [0.2, 0.25) is 0 Å². The number of piperidine rings is 1. The summed E-state index contributed by atoms with van der Waals surface area (Å²) in [5.41, 5.74) is 1.98. The lowest BCUT2D eigenvalue weighted by atomic mass is 9.81. The van der Waals surface area contributed by atoms with Crippen molar-refractivity contribution in [1.29, 1.82) is 0 Å². The summed E-state index contributed by atoms with van der Waals surface area (Å²) in [6.45, 7) is 1.53. The van der Waals surface area contributed by atoms with Gasteiger partial charge < -0.3 is 10.0 Å². The molecule has 0 spiro atoms. The molecule has 2 atom stereocenters. The van der Waals surface area contributed by atoms with E-state index in [-0.39, 0.29) is 12.5 Å². The SMILES string of the molecule is CS(=O)(=O)c1ccccc1N1CC[C@@H](c2ccccc2)[C@@H](CO)C1. The molecule has 4 nitrogen and oxygen atoms in total. The van der Waals surface area contributed by atoms with Crippen molar-refractivity contribution in [1.82, 2.24) is 0 Å². The van der Waals surface area contributed by atoms with Crippen LogP contribution in [0, 0.1) is 5.92 Å². The number of benzene rings is 2. The number of rotatable bonds is 4. The molecule has 1 aliphatic heterocycles. The summed E-state index contributed by atoms with van der Waals surface area (Å²) in [5.74, 6) is 0.395. The van der Waals surface area contributed by atoms with Gasteiger partial charge in [-0.3, -0.25) is 0 Å². The van der Waals surface area contributed by atoms with E-state index in [2.05, 4.69) is 17.0 Å². The Labute approximate surface area is 143 Å². The van der Waals surface area contributed by atoms with E-state index in [1.807, 2.05) is 30.3 Å². The zero-order chi connectivity index (χ0) is 17.2. The Bertz CT molecular complexity index is 789. The Morgan fingerprint density at radius 2 is 1.75 bits per heavy atom. The molecule has 1 N–H and O–H groups in total. The molecular weight excluding hydrogens is 322 g/mol. The van der Waals surface area contributed by atoms with E-state index in [4.69, 9.17) is 0 Å². The summed E-state index contributed by atoms with van der Waals surface area (Å²) in [6, 6.07) is 17.4. The Hall–Kier alpha value is -1.85. The molecule has 0 bridgehead atoms. The maximum atomic E-state index is 12.1. The van der Waals surface area contributed by atoms with Gasteiger partial charge in [0.05, 0.1) is 10.6 Å². The third-order valence-corrected chi connectivity index (χ3v) is 5.95. The molecule has 1 saturated heterocycles. The number of hydrogen-bond acceptors (Lipinski definition) is 4. The Balaban J connectivity index is 1.87. The predicted molar refractivity (Wildman–Crippen MR) is 96.1 cm³/mol. The molecule has 1 heterocycles. The molecule has 0 amide bonds. The number of sulfone groups is 1. The normalized spacial score (nSPS) is 21.7. The number of anilines is 1. The minimum absolute atomic E-state index is 0.0915. The quantitative estimate of drug-likeness (QED) is 0.926. The molecular formula is C19H23NO3S. The number of para-hydroxylation sites is 1. The van der Waals surface area contributed by atoms with E-state index in [1.165, 1.54) is 11.8 Å². The zero-order valence-corrected chi connectivity index (χ0v) is 14.6. The largest absolute Gasteiger partial charge is 0.396 e. The average molecular weight is 345 g/mol. The summed E-state index contributed by atoms with van der Waals surface area (Å²) in [5, 5.41) is 9.87. The molecule has 24 heavy (non-hydrogen) atoms. The average Bonchev–Trinajstić information content (AvgIpc) is 2.61. The highest BCUT2D eigenvalue weighted by molar-refractivity contribution is 7.90. The smallest absolute Gasteiger partial charge is 0.177 e. The molecule has 5 heteroatoms. The molecule has 2 aromatic rings. The summed E-state index contributed by atoms with van der Waals surface area (Å²) < 4.78 is 24.1. The summed E-state index contributed by atoms with van der Waals surface area (Å²) in [7, 11) is -3.28. The minimum atomic E-state index is -3.28. The van der Waals surface area contributed by atoms with Crippen LogP contribution in [0.1, 0.15) is 17.9 Å². The van der Waals surface area contributed by atoms with Gasteiger partial charge in [0, 0.05) is 31.9 Å². The topological polar surface area (TPSA) is 57.6 Å². The van der Waals surface area contributed by atoms with Crippen LogP contribution in [0.25, 0.3) is 0 Å². The monoisotopic (exact) mass is 345 g/mol. The Kier molecular flexibility index (Phi) is 4.92. The third kappa shape index (κ3) is 3.47. The first-order valence-corrected chi connectivity index (χ1v) is 10.1. The van der Waals surface area contributed by atoms with E-state index in [0.717, 1.165) is 18.7 Å². The fourth-order valence-electron chi connectivity index (χ4n) is 3.61. The summed E-state index contributed by atoms with van der Waals surface area (Å²) in [4.78, 5) is 2.45. The summed E-state index contributed by atoms with van der Waals surface area (Å²) in [6.07, 6.45) is 2.14. The van der Waals surface area contributed by atoms with Crippen LogP contribution in [0.2, 0.25) is 0 Å². The van der Waals surface area contributed by atoms with Crippen molar-refractivity contribution in [2.24, 2.45) is 5.92 Å². The molecule has 0 unspecified atom stereocenters. The fourth-order valence-corrected chi connectivity index (χ4v) is 4.51. The third-order valence-electron chi connectivity index (χ3n) is 4.80. The number of aliphatic hydroxyl groups is 1. The molecule has 0 saturated carbocycles. The highest BCUT2D eigenvalue weighted by atomic mass is 32.2. The van der Waals surface area contributed by atoms with Gasteiger partial charge in [-0.1, -0.05) is 42.5 Å². The number of hydrogen-bond donors (Lipinski definition) is 1. The number of nitrogens with zero attached hydrogens (tertiary/aromatic N) is 1. The maximum Gasteiger partial charge on any atom is 0.177 e. The van der Waals surface area contributed by atoms with E-state index in [9.17, 15) is 13.5 Å². The number of aliphatic hydroxyl groups excluding tert-OH is 1. The molecule has 0 aliphatic carbocycles. The standard InChI is InChI=1S/C19H23NO3S/c1-24(22,23)19-10-6-5-9-18(19)20-12-11-17(16(13-20)14-21)15-7-3-2-4-8-15/h2-10,16-17,21H,11-14H2,1H3/t16-,17+/m1/s1. The van der Waals surface area contributed by atoms with E-state index < -0.39 is 9.84 Å². The lowest BCUT2D eigenvalue weighted by molar-refractivity contribution is 0.189. The van der Waals surface area contributed by atoms with Gasteiger partial charge in [-0.05, 0) is 30.0 Å². The highest BCUT2D eigenvalue weighted by Crippen LogP contribution is 2.36. The zero-order valence-electron chi connectivity index (χ0n) is 13.8. The molecule has 2 aromatic carbocycles. The fraction of sp³-hybridized carbons (Fsp3) is 0.368. The second kappa shape index (κ2) is 6.95. The van der Waals surface area contributed by atoms with Gasteiger partial charge in [0.15, 0.2) is 9.84 Å². The predicted octanol–water partition coefficient (Wildman–Crippen LogP) is 2.69. The Morgan fingerprint density at radius 1 is 1.08 bits per heavy atom. The Morgan fingerprint density at radius 3 is 2.42 bits per heavy atom. The lowest BCUT2D eigenvalue weighted by Crippen LogP contribution is -2.41. The first-order valence-electron chi connectivity index (χ1n) is 8.20. The van der Waals surface area contributed by atoms with Crippen molar-refractivity contribution in [3.8, 4) is 0 Å². The van der Waals surface area contributed by atoms with Gasteiger partial charge in [0.25, 0.3) is 0 Å². The first kappa shape index (κ1) is 17.0. The molecule has 0 radical (unpaired) electrons. The van der Waals surface area contributed by atoms with Gasteiger partial charge in [-0.25, -0.2) is 8.42 Å². The van der Waals surface area contributed by atoms with Crippen molar-refractivity contribution in [3.05, 3.63) is 60.2 Å². The molecule has 1 fully saturated rings. The van der Waals surface area contributed by atoms with Crippen LogP contribution in [0.15, 0.2) is 59.5 Å². The minimum Gasteiger partial charge on any atom is -0.396 e. The van der Waals surface area contributed by atoms with Crippen LogP contribution in [-0.4, -0.2) is 39.5 Å². The van der Waals surface area contributed by atoms with Gasteiger partial charge in [-0.2, -0.15) is 0 Å². The van der Waals surface area contributed by atoms with Crippen LogP contribution >= 0.6 is 0 Å². The van der Waals surface area contributed by atoms with Crippen molar-refractivity contribution >= 4 is 15.5 Å². The van der Waals surface area contributed by atoms with Crippen LogP contribution in [-0.2, 0) is 9.84 Å². The van der Waals surface area contributed by atoms with Crippen LogP contribution in [0.5, 0.6) is 0 Å². The lowest BCUT2D eigenvalue weighted by Gasteiger charge is -2.40. The second-order valence-electron chi connectivity index (χ2n) is 6.43. The molecule has 128 valence electrons. The van der Waals surface area contributed by atoms with E-state index >= 15 is 0 Å². The van der Waals surface area contributed by atoms with E-state index in [1.54, 1.807) is 12.1 Å². The van der Waals surface area contributed by atoms with Crippen molar-refractivity contribution in [3.63, 3.8) is 0 Å².